The summed E-state index contributed by atoms with van der Waals surface area (Å²) in [5.41, 5.74) is 0.915. The third-order valence-electron chi connectivity index (χ3n) is 2.99. The van der Waals surface area contributed by atoms with E-state index in [4.69, 9.17) is 14.6 Å². The largest absolute Gasteiger partial charge is 0.493 e. The molecule has 0 aliphatic heterocycles. The Morgan fingerprint density at radius 3 is 2.48 bits per heavy atom. The lowest BCUT2D eigenvalue weighted by atomic mass is 10.1. The second-order valence-electron chi connectivity index (χ2n) is 5.06. The monoisotopic (exact) mass is 344 g/mol. The van der Waals surface area contributed by atoms with Crippen LogP contribution < -0.4 is 4.74 Å². The summed E-state index contributed by atoms with van der Waals surface area (Å²) in [5.74, 6) is 2.36. The standard InChI is InChI=1S/C12H16O2.C4H10O2S.C2H6/c1-9(13)11-3-2-4-12(7-11)14-8-10-5-6-10;5-1-2-6-3-4-7;1-2/h2-4,7,9-10,13H,5-6,8H2,1H3;5,7H,1-4H2;1-2H3. The summed E-state index contributed by atoms with van der Waals surface area (Å²) in [6.45, 7) is 7.75. The van der Waals surface area contributed by atoms with Crippen molar-refractivity contribution < 1.29 is 19.7 Å². The van der Waals surface area contributed by atoms with Crippen LogP contribution in [0.25, 0.3) is 0 Å². The summed E-state index contributed by atoms with van der Waals surface area (Å²) in [6.07, 6.45) is 2.19. The van der Waals surface area contributed by atoms with Gasteiger partial charge in [-0.15, -0.1) is 0 Å². The molecule has 134 valence electrons. The van der Waals surface area contributed by atoms with Crippen molar-refractivity contribution in [3.63, 3.8) is 0 Å². The number of hydrogen-bond donors (Lipinski definition) is 3. The molecule has 0 heterocycles. The lowest BCUT2D eigenvalue weighted by Gasteiger charge is -2.08. The Balaban J connectivity index is 0.000000460. The van der Waals surface area contributed by atoms with Gasteiger partial charge in [0.25, 0.3) is 0 Å². The molecule has 1 saturated carbocycles. The summed E-state index contributed by atoms with van der Waals surface area (Å²) in [7, 11) is 0. The van der Waals surface area contributed by atoms with Crippen molar-refractivity contribution in [2.75, 3.05) is 32.2 Å². The number of aliphatic hydroxyl groups is 2. The van der Waals surface area contributed by atoms with Gasteiger partial charge in [-0.25, -0.2) is 0 Å². The SMILES string of the molecule is CC.CC(O)c1cccc(OCC2CC2)c1.OCCOCCS. The first kappa shape index (κ1) is 22.2. The zero-order valence-electron chi connectivity index (χ0n) is 14.6. The molecular weight excluding hydrogens is 312 g/mol. The van der Waals surface area contributed by atoms with Crippen LogP contribution in [-0.4, -0.2) is 42.4 Å². The molecule has 1 aromatic rings. The van der Waals surface area contributed by atoms with Crippen LogP contribution in [0, 0.1) is 5.92 Å². The molecule has 1 fully saturated rings. The summed E-state index contributed by atoms with van der Waals surface area (Å²) < 4.78 is 10.4. The molecule has 5 heteroatoms. The van der Waals surface area contributed by atoms with Crippen LogP contribution in [0.3, 0.4) is 0 Å². The molecule has 23 heavy (non-hydrogen) atoms. The minimum Gasteiger partial charge on any atom is -0.493 e. The second-order valence-corrected chi connectivity index (χ2v) is 5.51. The van der Waals surface area contributed by atoms with E-state index in [-0.39, 0.29) is 6.61 Å². The Morgan fingerprint density at radius 1 is 1.26 bits per heavy atom. The minimum absolute atomic E-state index is 0.105. The molecule has 1 unspecified atom stereocenters. The Kier molecular flexibility index (Phi) is 14.3. The molecule has 1 aliphatic carbocycles. The van der Waals surface area contributed by atoms with Gasteiger partial charge < -0.3 is 19.7 Å². The molecule has 0 bridgehead atoms. The summed E-state index contributed by atoms with van der Waals surface area (Å²) >= 11 is 3.89. The van der Waals surface area contributed by atoms with E-state index in [0.29, 0.717) is 13.2 Å². The Labute approximate surface area is 146 Å². The number of thiol groups is 1. The van der Waals surface area contributed by atoms with Gasteiger partial charge in [0, 0.05) is 5.75 Å². The van der Waals surface area contributed by atoms with Crippen molar-refractivity contribution in [3.05, 3.63) is 29.8 Å². The van der Waals surface area contributed by atoms with E-state index in [1.807, 2.05) is 38.1 Å². The maximum absolute atomic E-state index is 9.38. The number of rotatable bonds is 8. The first-order valence-corrected chi connectivity index (χ1v) is 9.01. The average Bonchev–Trinajstić information content (AvgIpc) is 3.41. The van der Waals surface area contributed by atoms with Crippen LogP contribution in [0.4, 0.5) is 0 Å². The fraction of sp³-hybridized carbons (Fsp3) is 0.667. The van der Waals surface area contributed by atoms with Gasteiger partial charge >= 0.3 is 0 Å². The quantitative estimate of drug-likeness (QED) is 0.499. The van der Waals surface area contributed by atoms with E-state index < -0.39 is 6.10 Å². The molecule has 0 spiro atoms. The fourth-order valence-corrected chi connectivity index (χ4v) is 1.72. The van der Waals surface area contributed by atoms with E-state index in [2.05, 4.69) is 12.6 Å². The van der Waals surface area contributed by atoms with Crippen molar-refractivity contribution >= 4 is 12.6 Å². The van der Waals surface area contributed by atoms with E-state index in [9.17, 15) is 5.11 Å². The molecular formula is C18H32O4S. The normalized spacial score (nSPS) is 14.0. The first-order valence-electron chi connectivity index (χ1n) is 8.37. The third kappa shape index (κ3) is 12.4. The average molecular weight is 345 g/mol. The molecule has 2 N–H and O–H groups in total. The lowest BCUT2D eigenvalue weighted by Crippen LogP contribution is -2.00. The zero-order chi connectivity index (χ0) is 17.5. The van der Waals surface area contributed by atoms with E-state index in [1.54, 1.807) is 6.92 Å². The van der Waals surface area contributed by atoms with E-state index >= 15 is 0 Å². The molecule has 1 aliphatic rings. The molecule has 4 nitrogen and oxygen atoms in total. The molecule has 1 aromatic carbocycles. The van der Waals surface area contributed by atoms with Crippen LogP contribution in [0.15, 0.2) is 24.3 Å². The van der Waals surface area contributed by atoms with Crippen LogP contribution in [0.1, 0.15) is 45.3 Å². The lowest BCUT2D eigenvalue weighted by molar-refractivity contribution is 0.103. The predicted octanol–water partition coefficient (Wildman–Crippen LogP) is 3.48. The maximum atomic E-state index is 9.38. The van der Waals surface area contributed by atoms with Crippen molar-refractivity contribution in [2.45, 2.75) is 39.7 Å². The summed E-state index contributed by atoms with van der Waals surface area (Å²) in [4.78, 5) is 0. The highest BCUT2D eigenvalue weighted by Crippen LogP contribution is 2.29. The molecule has 0 radical (unpaired) electrons. The Morgan fingerprint density at radius 2 is 1.96 bits per heavy atom. The van der Waals surface area contributed by atoms with Gasteiger partial charge in [0.15, 0.2) is 0 Å². The Bertz CT molecular complexity index is 377. The van der Waals surface area contributed by atoms with Gasteiger partial charge in [-0.1, -0.05) is 26.0 Å². The summed E-state index contributed by atoms with van der Waals surface area (Å²) in [6, 6.07) is 7.68. The van der Waals surface area contributed by atoms with Crippen molar-refractivity contribution in [1.82, 2.24) is 0 Å². The molecule has 0 amide bonds. The van der Waals surface area contributed by atoms with Gasteiger partial charge in [-0.3, -0.25) is 0 Å². The van der Waals surface area contributed by atoms with Gasteiger partial charge in [0.05, 0.1) is 32.5 Å². The highest BCUT2D eigenvalue weighted by Gasteiger charge is 2.21. The summed E-state index contributed by atoms with van der Waals surface area (Å²) in [5, 5.41) is 17.5. The second kappa shape index (κ2) is 14.8. The van der Waals surface area contributed by atoms with Gasteiger partial charge in [0.2, 0.25) is 0 Å². The zero-order valence-corrected chi connectivity index (χ0v) is 15.5. The third-order valence-corrected chi connectivity index (χ3v) is 3.18. The van der Waals surface area contributed by atoms with Crippen molar-refractivity contribution in [3.8, 4) is 5.75 Å². The number of aliphatic hydroxyl groups excluding tert-OH is 2. The first-order chi connectivity index (χ1) is 11.2. The Hall–Kier alpha value is -0.750. The highest BCUT2D eigenvalue weighted by molar-refractivity contribution is 7.80. The van der Waals surface area contributed by atoms with Gasteiger partial charge in [0.1, 0.15) is 5.75 Å². The van der Waals surface area contributed by atoms with Crippen LogP contribution in [-0.2, 0) is 4.74 Å². The van der Waals surface area contributed by atoms with Crippen LogP contribution in [0.5, 0.6) is 5.75 Å². The fourth-order valence-electron chi connectivity index (χ4n) is 1.59. The van der Waals surface area contributed by atoms with Gasteiger partial charge in [-0.05, 0) is 43.4 Å². The van der Waals surface area contributed by atoms with E-state index in [0.717, 1.165) is 29.6 Å². The predicted molar refractivity (Wildman–Crippen MR) is 98.4 cm³/mol. The molecule has 1 atom stereocenters. The molecule has 0 saturated heterocycles. The smallest absolute Gasteiger partial charge is 0.119 e. The van der Waals surface area contributed by atoms with Crippen LogP contribution >= 0.6 is 12.6 Å². The van der Waals surface area contributed by atoms with Crippen molar-refractivity contribution in [2.24, 2.45) is 5.92 Å². The van der Waals surface area contributed by atoms with Crippen LogP contribution in [0.2, 0.25) is 0 Å². The van der Waals surface area contributed by atoms with Crippen molar-refractivity contribution in [1.29, 1.82) is 0 Å². The highest BCUT2D eigenvalue weighted by atomic mass is 32.1. The number of ether oxygens (including phenoxy) is 2. The van der Waals surface area contributed by atoms with Gasteiger partial charge in [-0.2, -0.15) is 12.6 Å². The number of benzene rings is 1. The minimum atomic E-state index is -0.417. The molecule has 2 rings (SSSR count). The number of hydrogen-bond acceptors (Lipinski definition) is 5. The van der Waals surface area contributed by atoms with E-state index in [1.165, 1.54) is 12.8 Å². The molecule has 0 aromatic heterocycles. The topological polar surface area (TPSA) is 58.9 Å². The maximum Gasteiger partial charge on any atom is 0.119 e.